The molecule has 0 saturated heterocycles. The second-order valence-electron chi connectivity index (χ2n) is 2.23. The van der Waals surface area contributed by atoms with Crippen molar-refractivity contribution in [3.8, 4) is 0 Å². The Morgan fingerprint density at radius 1 is 0.857 bits per heavy atom. The Morgan fingerprint density at radius 2 is 1.29 bits per heavy atom. The summed E-state index contributed by atoms with van der Waals surface area (Å²) in [5.74, 6) is -2.14. The first kappa shape index (κ1) is 15.0. The van der Waals surface area contributed by atoms with E-state index in [1.807, 2.05) is 0 Å². The van der Waals surface area contributed by atoms with Crippen LogP contribution >= 0.6 is 0 Å². The van der Waals surface area contributed by atoms with Gasteiger partial charge in [0.15, 0.2) is 0 Å². The molecule has 0 aliphatic heterocycles. The van der Waals surface area contributed by atoms with Crippen LogP contribution in [-0.2, 0) is 14.4 Å². The van der Waals surface area contributed by atoms with Crippen molar-refractivity contribution in [1.82, 2.24) is 0 Å². The van der Waals surface area contributed by atoms with Crippen molar-refractivity contribution in [2.24, 2.45) is 11.5 Å². The van der Waals surface area contributed by atoms with Gasteiger partial charge in [-0.15, -0.1) is 0 Å². The molecule has 0 fully saturated rings. The minimum atomic E-state index is -0.968. The minimum absolute atomic E-state index is 0.0475. The van der Waals surface area contributed by atoms with Crippen LogP contribution in [0.2, 0.25) is 0 Å². The number of carbonyl (C=O) groups is 3. The number of hydrogen-bond acceptors (Lipinski definition) is 5. The summed E-state index contributed by atoms with van der Waals surface area (Å²) in [6.07, 6.45) is -0.0676. The van der Waals surface area contributed by atoms with Crippen LogP contribution in [0.5, 0.6) is 0 Å². The molecule has 0 aliphatic carbocycles. The Hall–Kier alpha value is -1.47. The van der Waals surface area contributed by atoms with Gasteiger partial charge in [0.05, 0.1) is 19.5 Å². The molecule has 0 rings (SSSR count). The van der Waals surface area contributed by atoms with Crippen LogP contribution in [0.1, 0.15) is 12.8 Å². The van der Waals surface area contributed by atoms with Crippen molar-refractivity contribution < 1.29 is 24.6 Å². The number of ketones is 1. The van der Waals surface area contributed by atoms with Crippen LogP contribution in [-0.4, -0.2) is 41.0 Å². The van der Waals surface area contributed by atoms with Crippen LogP contribution in [0.15, 0.2) is 0 Å². The smallest absolute Gasteiger partial charge is 0.317 e. The highest BCUT2D eigenvalue weighted by molar-refractivity contribution is 5.83. The topological polar surface area (TPSA) is 144 Å². The average molecular weight is 206 g/mol. The summed E-state index contributed by atoms with van der Waals surface area (Å²) in [5, 5.41) is 15.7. The van der Waals surface area contributed by atoms with Gasteiger partial charge in [-0.05, 0) is 0 Å². The van der Waals surface area contributed by atoms with E-state index in [0.717, 1.165) is 0 Å². The molecule has 0 unspecified atom stereocenters. The molecule has 0 saturated carbocycles. The first-order valence-corrected chi connectivity index (χ1v) is 3.79. The number of hydrogen-bond donors (Lipinski definition) is 4. The van der Waals surface area contributed by atoms with Gasteiger partial charge in [0.25, 0.3) is 0 Å². The van der Waals surface area contributed by atoms with Gasteiger partial charge in [0, 0.05) is 6.42 Å². The molecule has 0 aromatic rings. The predicted molar refractivity (Wildman–Crippen MR) is 47.6 cm³/mol. The number of carboxylic acids is 2. The highest BCUT2D eigenvalue weighted by atomic mass is 16.4. The van der Waals surface area contributed by atoms with Gasteiger partial charge in [-0.25, -0.2) is 0 Å². The number of rotatable bonds is 5. The van der Waals surface area contributed by atoms with Crippen molar-refractivity contribution in [2.45, 2.75) is 12.8 Å². The Morgan fingerprint density at radius 3 is 1.50 bits per heavy atom. The highest BCUT2D eigenvalue weighted by Crippen LogP contribution is 1.87. The third kappa shape index (κ3) is 16.9. The van der Waals surface area contributed by atoms with E-state index in [1.165, 1.54) is 0 Å². The summed E-state index contributed by atoms with van der Waals surface area (Å²) in [7, 11) is 0. The van der Waals surface area contributed by atoms with E-state index in [-0.39, 0.29) is 31.7 Å². The number of Topliss-reactive ketones (excluding diaryl/α,β-unsaturated/α-hetero) is 1. The summed E-state index contributed by atoms with van der Waals surface area (Å²) in [5.41, 5.74) is 9.49. The summed E-state index contributed by atoms with van der Waals surface area (Å²) in [6.45, 7) is -0.340. The van der Waals surface area contributed by atoms with Gasteiger partial charge in [-0.3, -0.25) is 14.4 Å². The van der Waals surface area contributed by atoms with Crippen LogP contribution in [0.25, 0.3) is 0 Å². The van der Waals surface area contributed by atoms with Crippen molar-refractivity contribution >= 4 is 17.7 Å². The van der Waals surface area contributed by atoms with Crippen molar-refractivity contribution in [1.29, 1.82) is 0 Å². The van der Waals surface area contributed by atoms with Gasteiger partial charge in [-0.1, -0.05) is 0 Å². The zero-order valence-corrected chi connectivity index (χ0v) is 7.60. The fourth-order valence-corrected chi connectivity index (χ4v) is 0.348. The van der Waals surface area contributed by atoms with Crippen LogP contribution in [0, 0.1) is 0 Å². The third-order valence-corrected chi connectivity index (χ3v) is 1.02. The second-order valence-corrected chi connectivity index (χ2v) is 2.23. The van der Waals surface area contributed by atoms with E-state index >= 15 is 0 Å². The lowest BCUT2D eigenvalue weighted by molar-refractivity contribution is -0.138. The zero-order valence-electron chi connectivity index (χ0n) is 7.60. The standard InChI is InChI=1S/C5H9NO3.C2H5NO2/c6-3-4(7)1-2-5(8)9;3-1-2(4)5/h1-3,6H2,(H,8,9);1,3H2,(H,4,5). The number of nitrogens with two attached hydrogens (primary N) is 2. The molecule has 6 N–H and O–H groups in total. The van der Waals surface area contributed by atoms with E-state index in [0.29, 0.717) is 0 Å². The fraction of sp³-hybridized carbons (Fsp3) is 0.571. The molecule has 7 nitrogen and oxygen atoms in total. The highest BCUT2D eigenvalue weighted by Gasteiger charge is 2.01. The minimum Gasteiger partial charge on any atom is -0.481 e. The molecule has 0 atom stereocenters. The maximum atomic E-state index is 10.3. The van der Waals surface area contributed by atoms with Crippen molar-refractivity contribution in [2.75, 3.05) is 13.1 Å². The number of aliphatic carboxylic acids is 2. The Balaban J connectivity index is 0. The normalized spacial score (nSPS) is 8.43. The molecular weight excluding hydrogens is 192 g/mol. The molecule has 0 aromatic heterocycles. The maximum absolute atomic E-state index is 10.3. The van der Waals surface area contributed by atoms with E-state index < -0.39 is 11.9 Å². The first-order chi connectivity index (χ1) is 6.43. The molecule has 0 aliphatic rings. The largest absolute Gasteiger partial charge is 0.481 e. The van der Waals surface area contributed by atoms with Crippen molar-refractivity contribution in [3.63, 3.8) is 0 Å². The third-order valence-electron chi connectivity index (χ3n) is 1.02. The summed E-state index contributed by atoms with van der Waals surface area (Å²) in [4.78, 5) is 29.4. The molecule has 7 heteroatoms. The first-order valence-electron chi connectivity index (χ1n) is 3.79. The zero-order chi connectivity index (χ0) is 11.6. The van der Waals surface area contributed by atoms with E-state index in [1.54, 1.807) is 0 Å². The average Bonchev–Trinajstić information content (AvgIpc) is 2.14. The van der Waals surface area contributed by atoms with Gasteiger partial charge in [-0.2, -0.15) is 0 Å². The lowest BCUT2D eigenvalue weighted by atomic mass is 10.2. The van der Waals surface area contributed by atoms with Gasteiger partial charge in [0.1, 0.15) is 5.78 Å². The Labute approximate surface area is 80.7 Å². The number of carbonyl (C=O) groups excluding carboxylic acids is 1. The van der Waals surface area contributed by atoms with E-state index in [9.17, 15) is 14.4 Å². The quantitative estimate of drug-likeness (QED) is 0.424. The Kier molecular flexibility index (Phi) is 10.3. The molecule has 0 radical (unpaired) electrons. The molecule has 0 spiro atoms. The van der Waals surface area contributed by atoms with E-state index in [4.69, 9.17) is 15.9 Å². The monoisotopic (exact) mass is 206 g/mol. The van der Waals surface area contributed by atoms with Gasteiger partial charge >= 0.3 is 11.9 Å². The van der Waals surface area contributed by atoms with E-state index in [2.05, 4.69) is 5.73 Å². The summed E-state index contributed by atoms with van der Waals surface area (Å²) < 4.78 is 0. The van der Waals surface area contributed by atoms with Crippen molar-refractivity contribution in [3.05, 3.63) is 0 Å². The van der Waals surface area contributed by atoms with Crippen LogP contribution in [0.3, 0.4) is 0 Å². The lowest BCUT2D eigenvalue weighted by Gasteiger charge is -1.90. The second kappa shape index (κ2) is 9.62. The van der Waals surface area contributed by atoms with Gasteiger partial charge in [0.2, 0.25) is 0 Å². The predicted octanol–water partition coefficient (Wildman–Crippen LogP) is -1.59. The number of carboxylic acid groups (broad SMARTS) is 2. The van der Waals surface area contributed by atoms with Crippen LogP contribution < -0.4 is 11.5 Å². The summed E-state index contributed by atoms with van der Waals surface area (Å²) >= 11 is 0. The van der Waals surface area contributed by atoms with Crippen LogP contribution in [0.4, 0.5) is 0 Å². The molecular formula is C7H14N2O5. The maximum Gasteiger partial charge on any atom is 0.317 e. The molecule has 0 amide bonds. The molecule has 0 aromatic carbocycles. The van der Waals surface area contributed by atoms with Gasteiger partial charge < -0.3 is 21.7 Å². The molecule has 0 heterocycles. The SMILES string of the molecule is NCC(=O)CCC(=O)O.NCC(=O)O. The molecule has 82 valence electrons. The Bertz CT molecular complexity index is 204. The molecule has 0 bridgehead atoms. The summed E-state index contributed by atoms with van der Waals surface area (Å²) in [6, 6.07) is 0. The fourth-order valence-electron chi connectivity index (χ4n) is 0.348. The molecule has 14 heavy (non-hydrogen) atoms. The lowest BCUT2D eigenvalue weighted by Crippen LogP contribution is -2.14.